The maximum atomic E-state index is 17.0. The Balaban J connectivity index is 1.34. The van der Waals surface area contributed by atoms with E-state index in [1.165, 1.54) is 6.92 Å². The molecule has 2 N–H and O–H groups in total. The van der Waals surface area contributed by atoms with Crippen LogP contribution in [0.25, 0.3) is 22.2 Å². The number of nitrogens with zero attached hydrogens (tertiary/aromatic N) is 6. The van der Waals surface area contributed by atoms with Crippen LogP contribution in [0.3, 0.4) is 0 Å². The minimum atomic E-state index is -4.89. The summed E-state index contributed by atoms with van der Waals surface area (Å²) in [5.74, 6) is -0.815. The van der Waals surface area contributed by atoms with Gasteiger partial charge in [0, 0.05) is 32.1 Å². The Labute approximate surface area is 273 Å². The van der Waals surface area contributed by atoms with Crippen LogP contribution in [0, 0.1) is 18.7 Å². The first kappa shape index (κ1) is 31.1. The Hall–Kier alpha value is -3.23. The van der Waals surface area contributed by atoms with Crippen LogP contribution >= 0.6 is 11.6 Å². The largest absolute Gasteiger partial charge is 0.489 e. The monoisotopic (exact) mass is 679 g/mol. The van der Waals surface area contributed by atoms with Gasteiger partial charge >= 0.3 is 12.2 Å². The highest BCUT2D eigenvalue weighted by molar-refractivity contribution is 6.36. The second-order valence-corrected chi connectivity index (χ2v) is 14.2. The van der Waals surface area contributed by atoms with Crippen molar-refractivity contribution < 1.29 is 31.4 Å². The van der Waals surface area contributed by atoms with Gasteiger partial charge in [-0.15, -0.1) is 0 Å². The number of alkyl halides is 4. The van der Waals surface area contributed by atoms with Gasteiger partial charge in [0.2, 0.25) is 0 Å². The van der Waals surface area contributed by atoms with Crippen molar-refractivity contribution in [3.63, 3.8) is 0 Å². The number of benzene rings is 1. The van der Waals surface area contributed by atoms with Gasteiger partial charge in [0.1, 0.15) is 36.5 Å². The van der Waals surface area contributed by atoms with Crippen molar-refractivity contribution in [2.45, 2.75) is 69.0 Å². The van der Waals surface area contributed by atoms with Crippen molar-refractivity contribution in [2.75, 3.05) is 57.1 Å². The predicted molar refractivity (Wildman–Crippen MR) is 166 cm³/mol. The summed E-state index contributed by atoms with van der Waals surface area (Å²) in [6.07, 6.45) is -2.01. The van der Waals surface area contributed by atoms with E-state index in [1.54, 1.807) is 0 Å². The number of nitrogen functional groups attached to an aromatic ring is 1. The SMILES string of the molecule is Cc1cc(N)nc(-c2c(Cl)c3c4c(nc(OC[C@@]56CCCN5C[C@H](F)C6)nc4c2F)N2C[C@H]4CC[C@H](CN4C)[C@H]2CO3)c1C(F)(F)F. The highest BCUT2D eigenvalue weighted by atomic mass is 35.5. The summed E-state index contributed by atoms with van der Waals surface area (Å²) in [6, 6.07) is 0.968. The number of fused-ring (bicyclic) bond motifs is 3. The first-order valence-electron chi connectivity index (χ1n) is 16.0. The lowest BCUT2D eigenvalue weighted by molar-refractivity contribution is -0.137. The Morgan fingerprint density at radius 3 is 2.74 bits per heavy atom. The van der Waals surface area contributed by atoms with Crippen molar-refractivity contribution in [3.05, 3.63) is 28.0 Å². The molecular formula is C32H35ClF5N7O2. The van der Waals surface area contributed by atoms with Crippen molar-refractivity contribution in [3.8, 4) is 23.0 Å². The fourth-order valence-corrected chi connectivity index (χ4v) is 9.09. The van der Waals surface area contributed by atoms with E-state index in [4.69, 9.17) is 31.8 Å². The number of nitrogens with two attached hydrogens (primary N) is 1. The highest BCUT2D eigenvalue weighted by Gasteiger charge is 2.50. The zero-order valence-corrected chi connectivity index (χ0v) is 26.8. The molecule has 9 nitrogen and oxygen atoms in total. The van der Waals surface area contributed by atoms with Crippen LogP contribution in [0.2, 0.25) is 5.02 Å². The summed E-state index contributed by atoms with van der Waals surface area (Å²) in [6.45, 7) is 3.95. The van der Waals surface area contributed by atoms with Gasteiger partial charge in [-0.25, -0.2) is 13.8 Å². The summed E-state index contributed by atoms with van der Waals surface area (Å²) in [5.41, 5.74) is 2.34. The molecule has 5 saturated heterocycles. The average Bonchev–Trinajstić information content (AvgIpc) is 3.33. The summed E-state index contributed by atoms with van der Waals surface area (Å²) < 4.78 is 87.5. The Kier molecular flexibility index (Phi) is 7.20. The van der Waals surface area contributed by atoms with Gasteiger partial charge < -0.3 is 25.0 Å². The van der Waals surface area contributed by atoms with Crippen molar-refractivity contribution in [1.82, 2.24) is 24.8 Å². The quantitative estimate of drug-likeness (QED) is 0.352. The summed E-state index contributed by atoms with van der Waals surface area (Å²) in [7, 11) is 2.08. The number of anilines is 2. The predicted octanol–water partition coefficient (Wildman–Crippen LogP) is 5.64. The lowest BCUT2D eigenvalue weighted by Gasteiger charge is -2.34. The van der Waals surface area contributed by atoms with Crippen LogP contribution in [-0.2, 0) is 6.18 Å². The normalized spacial score (nSPS) is 29.1. The van der Waals surface area contributed by atoms with Crippen molar-refractivity contribution >= 4 is 34.1 Å². The molecule has 6 aliphatic rings. The van der Waals surface area contributed by atoms with Gasteiger partial charge in [0.25, 0.3) is 0 Å². The number of aromatic nitrogens is 3. The second kappa shape index (κ2) is 10.9. The van der Waals surface area contributed by atoms with Crippen LogP contribution in [0.4, 0.5) is 33.6 Å². The number of ether oxygens (including phenoxy) is 2. The zero-order valence-electron chi connectivity index (χ0n) is 26.0. The van der Waals surface area contributed by atoms with Crippen molar-refractivity contribution in [1.29, 1.82) is 0 Å². The molecule has 1 aromatic carbocycles. The van der Waals surface area contributed by atoms with Crippen LogP contribution in [0.1, 0.15) is 43.2 Å². The highest BCUT2D eigenvalue weighted by Crippen LogP contribution is 2.52. The van der Waals surface area contributed by atoms with E-state index >= 15 is 4.39 Å². The number of aryl methyl sites for hydroxylation is 1. The molecule has 0 aliphatic carbocycles. The Morgan fingerprint density at radius 2 is 1.98 bits per heavy atom. The molecule has 15 heteroatoms. The minimum Gasteiger partial charge on any atom is -0.489 e. The standard InChI is InChI=1S/C32H35ClF5N7O2/c1-15-8-20(39)40-26(23(15)32(36,37)38)21-24(33)28-22-27(25(21)35)41-30(47-14-31-6-3-7-44(31)11-17(34)9-31)42-29(22)45-12-18-5-4-16(10-43(18)2)19(45)13-46-28/h8,16-19H,3-7,9-14H2,1-2H3,(H2,39,40)/t16-,17-,18-,19-,31+/m1/s1. The number of rotatable bonds is 4. The molecule has 6 aliphatic heterocycles. The van der Waals surface area contributed by atoms with Gasteiger partial charge in [-0.2, -0.15) is 23.1 Å². The minimum absolute atomic E-state index is 0.0106. The van der Waals surface area contributed by atoms with Crippen LogP contribution in [0.15, 0.2) is 6.07 Å². The Bertz CT molecular complexity index is 1780. The van der Waals surface area contributed by atoms with Gasteiger partial charge in [-0.05, 0) is 63.7 Å². The molecule has 2 bridgehead atoms. The van der Waals surface area contributed by atoms with E-state index in [1.807, 2.05) is 0 Å². The average molecular weight is 680 g/mol. The molecular weight excluding hydrogens is 645 g/mol. The molecule has 0 saturated carbocycles. The van der Waals surface area contributed by atoms with E-state index in [-0.39, 0.29) is 70.3 Å². The zero-order chi connectivity index (χ0) is 33.0. The van der Waals surface area contributed by atoms with Crippen LogP contribution in [0.5, 0.6) is 11.8 Å². The molecule has 252 valence electrons. The van der Waals surface area contributed by atoms with Gasteiger partial charge in [0.05, 0.1) is 38.8 Å². The third-order valence-electron chi connectivity index (χ3n) is 11.0. The molecule has 8 heterocycles. The third-order valence-corrected chi connectivity index (χ3v) is 11.3. The van der Waals surface area contributed by atoms with E-state index in [9.17, 15) is 17.6 Å². The van der Waals surface area contributed by atoms with Gasteiger partial charge in [0.15, 0.2) is 11.6 Å². The number of halogens is 6. The first-order chi connectivity index (χ1) is 22.3. The molecule has 0 unspecified atom stereocenters. The van der Waals surface area contributed by atoms with Gasteiger partial charge in [-0.1, -0.05) is 11.6 Å². The van der Waals surface area contributed by atoms with E-state index in [2.05, 4.69) is 31.7 Å². The molecule has 0 radical (unpaired) electrons. The first-order valence-corrected chi connectivity index (χ1v) is 16.4. The molecule has 47 heavy (non-hydrogen) atoms. The van der Waals surface area contributed by atoms with Crippen LogP contribution in [-0.4, -0.2) is 95.0 Å². The molecule has 5 fully saturated rings. The van der Waals surface area contributed by atoms with E-state index in [0.717, 1.165) is 44.8 Å². The topological polar surface area (TPSA) is 92.9 Å². The summed E-state index contributed by atoms with van der Waals surface area (Å²) in [4.78, 5) is 19.8. The third kappa shape index (κ3) is 4.87. The molecule has 0 spiro atoms. The lowest BCUT2D eigenvalue weighted by atomic mass is 9.90. The van der Waals surface area contributed by atoms with Crippen LogP contribution < -0.4 is 20.1 Å². The molecule has 5 atom stereocenters. The summed E-state index contributed by atoms with van der Waals surface area (Å²) >= 11 is 6.86. The van der Waals surface area contributed by atoms with E-state index < -0.39 is 40.5 Å². The van der Waals surface area contributed by atoms with Gasteiger partial charge in [-0.3, -0.25) is 4.90 Å². The number of likely N-dealkylation sites (N-methyl/N-ethyl adjacent to an activating group) is 1. The fraction of sp³-hybridized carbons (Fsp3) is 0.594. The summed E-state index contributed by atoms with van der Waals surface area (Å²) in [5, 5.41) is -0.202. The number of hydrogen-bond acceptors (Lipinski definition) is 9. The smallest absolute Gasteiger partial charge is 0.418 e. The second-order valence-electron chi connectivity index (χ2n) is 13.8. The van der Waals surface area contributed by atoms with E-state index in [0.29, 0.717) is 25.3 Å². The Morgan fingerprint density at radius 1 is 1.17 bits per heavy atom. The number of pyridine rings is 1. The lowest BCUT2D eigenvalue weighted by Crippen LogP contribution is -2.44. The molecule has 0 amide bonds. The maximum absolute atomic E-state index is 17.0. The maximum Gasteiger partial charge on any atom is 0.418 e. The molecule has 9 rings (SSSR count). The number of piperidine rings is 1. The molecule has 3 aromatic rings. The molecule has 2 aromatic heterocycles. The van der Waals surface area contributed by atoms with Crippen molar-refractivity contribution in [2.24, 2.45) is 5.92 Å². The number of hydrogen-bond donors (Lipinski definition) is 1. The fourth-order valence-electron chi connectivity index (χ4n) is 8.77.